The molecule has 3 aromatic rings. The predicted octanol–water partition coefficient (Wildman–Crippen LogP) is 2.83. The van der Waals surface area contributed by atoms with Gasteiger partial charge in [-0.25, -0.2) is 9.97 Å². The minimum absolute atomic E-state index is 0.141. The summed E-state index contributed by atoms with van der Waals surface area (Å²) in [6.07, 6.45) is 0. The Balaban J connectivity index is 1.53. The summed E-state index contributed by atoms with van der Waals surface area (Å²) in [5.41, 5.74) is 5.08. The third kappa shape index (κ3) is 5.26. The van der Waals surface area contributed by atoms with Crippen molar-refractivity contribution in [2.75, 3.05) is 62.5 Å². The number of anilines is 2. The predicted molar refractivity (Wildman–Crippen MR) is 139 cm³/mol. The molecule has 0 bridgehead atoms. The molecule has 2 N–H and O–H groups in total. The number of hydrogen-bond donors (Lipinski definition) is 2. The fraction of sp³-hybridized carbons (Fsp3) is 0.481. The number of benzene rings is 1. The van der Waals surface area contributed by atoms with Gasteiger partial charge in [-0.2, -0.15) is 0 Å². The SMILES string of the molecule is CC1COCCN1c1cc(N2CCOCC2C)c2ccc(-c3ccc(CNCCO)cc3)nc2n1. The van der Waals surface area contributed by atoms with Crippen molar-refractivity contribution in [2.24, 2.45) is 0 Å². The van der Waals surface area contributed by atoms with Gasteiger partial charge >= 0.3 is 0 Å². The summed E-state index contributed by atoms with van der Waals surface area (Å²) in [4.78, 5) is 14.8. The number of aliphatic hydroxyl groups is 1. The Hall–Kier alpha value is -2.78. The van der Waals surface area contributed by atoms with Crippen LogP contribution in [0, 0.1) is 0 Å². The van der Waals surface area contributed by atoms with Gasteiger partial charge in [0, 0.05) is 49.2 Å². The Morgan fingerprint density at radius 3 is 2.34 bits per heavy atom. The molecule has 2 aliphatic rings. The molecule has 35 heavy (non-hydrogen) atoms. The van der Waals surface area contributed by atoms with E-state index in [2.05, 4.69) is 71.4 Å². The van der Waals surface area contributed by atoms with Gasteiger partial charge in [0.1, 0.15) is 5.82 Å². The second-order valence-corrected chi connectivity index (χ2v) is 9.40. The van der Waals surface area contributed by atoms with Crippen molar-refractivity contribution in [3.63, 3.8) is 0 Å². The highest BCUT2D eigenvalue weighted by Gasteiger charge is 2.26. The zero-order valence-electron chi connectivity index (χ0n) is 20.6. The van der Waals surface area contributed by atoms with Crippen LogP contribution in [0.2, 0.25) is 0 Å². The fourth-order valence-corrected chi connectivity index (χ4v) is 4.88. The van der Waals surface area contributed by atoms with Crippen molar-refractivity contribution in [1.82, 2.24) is 15.3 Å². The Kier molecular flexibility index (Phi) is 7.43. The molecule has 0 saturated carbocycles. The molecule has 2 fully saturated rings. The molecule has 2 aromatic heterocycles. The van der Waals surface area contributed by atoms with E-state index in [4.69, 9.17) is 24.5 Å². The van der Waals surface area contributed by atoms with Gasteiger partial charge in [0.25, 0.3) is 0 Å². The maximum Gasteiger partial charge on any atom is 0.164 e. The highest BCUT2D eigenvalue weighted by Crippen LogP contribution is 2.34. The summed E-state index contributed by atoms with van der Waals surface area (Å²) in [5, 5.41) is 13.2. The molecule has 4 heterocycles. The number of fused-ring (bicyclic) bond motifs is 1. The monoisotopic (exact) mass is 477 g/mol. The Morgan fingerprint density at radius 2 is 1.66 bits per heavy atom. The van der Waals surface area contributed by atoms with Crippen LogP contribution in [0.1, 0.15) is 19.4 Å². The number of aliphatic hydroxyl groups excluding tert-OH is 1. The molecule has 2 atom stereocenters. The average Bonchev–Trinajstić information content (AvgIpc) is 2.89. The number of morpholine rings is 2. The smallest absolute Gasteiger partial charge is 0.164 e. The van der Waals surface area contributed by atoms with E-state index < -0.39 is 0 Å². The van der Waals surface area contributed by atoms with E-state index in [9.17, 15) is 0 Å². The number of rotatable bonds is 7. The maximum atomic E-state index is 8.96. The zero-order valence-corrected chi connectivity index (χ0v) is 20.6. The van der Waals surface area contributed by atoms with E-state index in [0.29, 0.717) is 19.8 Å². The minimum Gasteiger partial charge on any atom is -0.395 e. The third-order valence-electron chi connectivity index (χ3n) is 6.84. The van der Waals surface area contributed by atoms with Gasteiger partial charge in [-0.3, -0.25) is 0 Å². The lowest BCUT2D eigenvalue weighted by Gasteiger charge is -2.38. The summed E-state index contributed by atoms with van der Waals surface area (Å²) < 4.78 is 11.4. The van der Waals surface area contributed by atoms with Crippen molar-refractivity contribution in [1.29, 1.82) is 0 Å². The molecule has 2 aliphatic heterocycles. The van der Waals surface area contributed by atoms with Crippen molar-refractivity contribution in [3.05, 3.63) is 48.0 Å². The van der Waals surface area contributed by atoms with Crippen molar-refractivity contribution in [2.45, 2.75) is 32.5 Å². The molecule has 0 aliphatic carbocycles. The highest BCUT2D eigenvalue weighted by atomic mass is 16.5. The first kappa shape index (κ1) is 23.9. The van der Waals surface area contributed by atoms with Crippen LogP contribution < -0.4 is 15.1 Å². The summed E-state index contributed by atoms with van der Waals surface area (Å²) in [6, 6.07) is 15.4. The molecule has 0 amide bonds. The molecule has 0 radical (unpaired) electrons. The Bertz CT molecular complexity index is 1140. The average molecular weight is 478 g/mol. The van der Waals surface area contributed by atoms with Crippen LogP contribution in [0.3, 0.4) is 0 Å². The lowest BCUT2D eigenvalue weighted by molar-refractivity contribution is 0.0981. The second kappa shape index (κ2) is 10.9. The molecule has 8 nitrogen and oxygen atoms in total. The topological polar surface area (TPSA) is 83.0 Å². The lowest BCUT2D eigenvalue weighted by Crippen LogP contribution is -2.45. The van der Waals surface area contributed by atoms with Crippen molar-refractivity contribution < 1.29 is 14.6 Å². The van der Waals surface area contributed by atoms with Crippen LogP contribution in [-0.2, 0) is 16.0 Å². The number of hydrogen-bond acceptors (Lipinski definition) is 8. The fourth-order valence-electron chi connectivity index (χ4n) is 4.88. The molecule has 186 valence electrons. The van der Waals surface area contributed by atoms with Gasteiger partial charge in [-0.05, 0) is 31.5 Å². The molecule has 1 aromatic carbocycles. The van der Waals surface area contributed by atoms with Crippen LogP contribution in [0.25, 0.3) is 22.3 Å². The number of pyridine rings is 2. The van der Waals surface area contributed by atoms with E-state index >= 15 is 0 Å². The van der Waals surface area contributed by atoms with Crippen LogP contribution in [0.4, 0.5) is 11.5 Å². The number of ether oxygens (including phenoxy) is 2. The quantitative estimate of drug-likeness (QED) is 0.503. The van der Waals surface area contributed by atoms with Crippen LogP contribution >= 0.6 is 0 Å². The Labute approximate surface area is 206 Å². The molecule has 8 heteroatoms. The van der Waals surface area contributed by atoms with Crippen molar-refractivity contribution in [3.8, 4) is 11.3 Å². The molecule has 2 unspecified atom stereocenters. The van der Waals surface area contributed by atoms with Crippen LogP contribution in [0.15, 0.2) is 42.5 Å². The van der Waals surface area contributed by atoms with Gasteiger partial charge in [-0.15, -0.1) is 0 Å². The number of nitrogens with zero attached hydrogens (tertiary/aromatic N) is 4. The van der Waals surface area contributed by atoms with Gasteiger partial charge in [0.05, 0.1) is 50.5 Å². The molecule has 2 saturated heterocycles. The molecular formula is C27H35N5O3. The van der Waals surface area contributed by atoms with Gasteiger partial charge in [0.15, 0.2) is 5.65 Å². The van der Waals surface area contributed by atoms with Gasteiger partial charge in [0.2, 0.25) is 0 Å². The van der Waals surface area contributed by atoms with E-state index in [1.807, 2.05) is 0 Å². The molecular weight excluding hydrogens is 442 g/mol. The summed E-state index contributed by atoms with van der Waals surface area (Å²) >= 11 is 0. The second-order valence-electron chi connectivity index (χ2n) is 9.40. The standard InChI is InChI=1S/C27H35N5O3/c1-19-17-34-13-10-31(19)25-15-26(32-11-14-35-18-20(32)2)30-27-23(25)7-8-24(29-27)22-5-3-21(4-6-22)16-28-9-12-33/h3-8,15,19-20,28,33H,9-14,16-18H2,1-2H3. The van der Waals surface area contributed by atoms with E-state index in [0.717, 1.165) is 61.0 Å². The minimum atomic E-state index is 0.141. The van der Waals surface area contributed by atoms with Gasteiger partial charge in [-0.1, -0.05) is 24.3 Å². The Morgan fingerprint density at radius 1 is 0.943 bits per heavy atom. The van der Waals surface area contributed by atoms with E-state index in [-0.39, 0.29) is 18.7 Å². The summed E-state index contributed by atoms with van der Waals surface area (Å²) in [5.74, 6) is 0.956. The highest BCUT2D eigenvalue weighted by molar-refractivity contribution is 5.93. The van der Waals surface area contributed by atoms with Crippen LogP contribution in [0.5, 0.6) is 0 Å². The van der Waals surface area contributed by atoms with E-state index in [1.54, 1.807) is 0 Å². The van der Waals surface area contributed by atoms with Crippen molar-refractivity contribution >= 4 is 22.5 Å². The maximum absolute atomic E-state index is 8.96. The molecule has 0 spiro atoms. The van der Waals surface area contributed by atoms with Crippen LogP contribution in [-0.4, -0.2) is 79.8 Å². The molecule has 5 rings (SSSR count). The first-order valence-electron chi connectivity index (χ1n) is 12.6. The summed E-state index contributed by atoms with van der Waals surface area (Å²) in [7, 11) is 0. The lowest BCUT2D eigenvalue weighted by atomic mass is 10.1. The summed E-state index contributed by atoms with van der Waals surface area (Å²) in [6.45, 7) is 10.4. The zero-order chi connectivity index (χ0) is 24.2. The first-order valence-corrected chi connectivity index (χ1v) is 12.6. The van der Waals surface area contributed by atoms with E-state index in [1.165, 1.54) is 11.3 Å². The normalized spacial score (nSPS) is 21.0. The largest absolute Gasteiger partial charge is 0.395 e. The third-order valence-corrected chi connectivity index (χ3v) is 6.84. The number of nitrogens with one attached hydrogen (secondary N) is 1. The first-order chi connectivity index (χ1) is 17.1. The van der Waals surface area contributed by atoms with Gasteiger partial charge < -0.3 is 29.7 Å². The number of aromatic nitrogens is 2.